The molecule has 2 heteroatoms. The van der Waals surface area contributed by atoms with Crippen LogP contribution in [0.25, 0.3) is 44.8 Å². The molecule has 0 amide bonds. The second-order valence-electron chi connectivity index (χ2n) is 19.7. The lowest BCUT2D eigenvalue weighted by Gasteiger charge is -2.32. The molecule has 2 atom stereocenters. The van der Waals surface area contributed by atoms with Crippen LogP contribution in [-0.4, -0.2) is 0 Å². The second-order valence-corrected chi connectivity index (χ2v) is 19.7. The Hall–Kier alpha value is -4.82. The van der Waals surface area contributed by atoms with Gasteiger partial charge in [0.25, 0.3) is 0 Å². The SMILES string of the molecule is Cc1ccccc1-c1ccc(-c2ccc(C3CCC(C4CCCC4)C3)cc2)c[n+]1C.Cc1ccccc1-c1ccc(-c2ccc(C3CCC(C4CCCC4)CC3)cc2)c[n+]1C. The quantitative estimate of drug-likeness (QED) is 0.135. The van der Waals surface area contributed by atoms with Crippen LogP contribution in [0.4, 0.5) is 0 Å². The highest BCUT2D eigenvalue weighted by Crippen LogP contribution is 2.47. The zero-order valence-electron chi connectivity index (χ0n) is 37.7. The van der Waals surface area contributed by atoms with Crippen molar-refractivity contribution in [2.75, 3.05) is 0 Å². The van der Waals surface area contributed by atoms with Gasteiger partial charge in [-0.2, -0.15) is 0 Å². The van der Waals surface area contributed by atoms with E-state index in [4.69, 9.17) is 0 Å². The number of benzene rings is 4. The highest BCUT2D eigenvalue weighted by molar-refractivity contribution is 5.68. The van der Waals surface area contributed by atoms with E-state index in [1.807, 2.05) is 0 Å². The lowest BCUT2D eigenvalue weighted by Crippen LogP contribution is -2.30. The van der Waals surface area contributed by atoms with Gasteiger partial charge in [0.1, 0.15) is 14.1 Å². The first-order valence-corrected chi connectivity index (χ1v) is 24.2. The molecule has 0 bridgehead atoms. The Kier molecular flexibility index (Phi) is 13.0. The summed E-state index contributed by atoms with van der Waals surface area (Å²) in [6.07, 6.45) is 26.4. The molecule has 2 unspecified atom stereocenters. The standard InChI is InChI=1S/C30H36N.C29H34N/c1-22-7-3-6-10-29(22)30-20-19-28(21-31(30)2)27-17-15-26(16-18-27)25-13-11-24(12-14-25)23-8-4-5-9-23;1-21-7-3-6-10-28(21)29-18-17-27(20-30(29)2)24-13-11-23(12-14-24)26-16-15-25(19-26)22-8-4-5-9-22/h3,6-7,10,15-21,23-25H,4-5,8-9,11-14H2,1-2H3;3,6-7,10-14,17-18,20,22,25-26H,4-5,8-9,15-16,19H2,1-2H3/q2*+1. The minimum atomic E-state index is 0.770. The number of nitrogens with zero attached hydrogens (tertiary/aromatic N) is 2. The van der Waals surface area contributed by atoms with Gasteiger partial charge in [-0.25, -0.2) is 9.13 Å². The predicted molar refractivity (Wildman–Crippen MR) is 255 cm³/mol. The van der Waals surface area contributed by atoms with Crippen LogP contribution in [0, 0.1) is 37.5 Å². The van der Waals surface area contributed by atoms with Crippen molar-refractivity contribution in [1.29, 1.82) is 0 Å². The summed E-state index contributed by atoms with van der Waals surface area (Å²) in [5.41, 5.74) is 16.1. The topological polar surface area (TPSA) is 7.76 Å². The molecule has 6 aromatic rings. The Labute approximate surface area is 368 Å². The van der Waals surface area contributed by atoms with Gasteiger partial charge in [-0.3, -0.25) is 0 Å². The van der Waals surface area contributed by atoms with Crippen molar-refractivity contribution in [2.45, 2.75) is 122 Å². The fraction of sp³-hybridized carbons (Fsp3) is 0.424. The van der Waals surface area contributed by atoms with Crippen LogP contribution in [-0.2, 0) is 14.1 Å². The zero-order valence-corrected chi connectivity index (χ0v) is 37.7. The molecule has 0 saturated heterocycles. The maximum atomic E-state index is 2.40. The molecule has 2 aromatic heterocycles. The third-order valence-corrected chi connectivity index (χ3v) is 15.9. The predicted octanol–water partition coefficient (Wildman–Crippen LogP) is 14.8. The van der Waals surface area contributed by atoms with Crippen LogP contribution in [0.5, 0.6) is 0 Å². The van der Waals surface area contributed by atoms with Gasteiger partial charge in [0.15, 0.2) is 12.4 Å². The average Bonchev–Trinajstić information content (AvgIpc) is 4.13. The van der Waals surface area contributed by atoms with Gasteiger partial charge in [-0.1, -0.05) is 136 Å². The van der Waals surface area contributed by atoms with E-state index < -0.39 is 0 Å². The molecule has 10 rings (SSSR count). The molecule has 0 aliphatic heterocycles. The van der Waals surface area contributed by atoms with Crippen molar-refractivity contribution in [1.82, 2.24) is 0 Å². The second kappa shape index (κ2) is 19.1. The average molecular weight is 807 g/mol. The van der Waals surface area contributed by atoms with E-state index in [0.717, 1.165) is 35.5 Å². The molecule has 0 radical (unpaired) electrons. The van der Waals surface area contributed by atoms with Crippen molar-refractivity contribution in [3.8, 4) is 44.8 Å². The number of aromatic nitrogens is 2. The van der Waals surface area contributed by atoms with Crippen molar-refractivity contribution in [3.63, 3.8) is 0 Å². The highest BCUT2D eigenvalue weighted by Gasteiger charge is 2.33. The van der Waals surface area contributed by atoms with Gasteiger partial charge in [-0.05, 0) is 152 Å². The third-order valence-electron chi connectivity index (χ3n) is 15.9. The van der Waals surface area contributed by atoms with Crippen molar-refractivity contribution >= 4 is 0 Å². The van der Waals surface area contributed by atoms with Gasteiger partial charge < -0.3 is 0 Å². The van der Waals surface area contributed by atoms with Gasteiger partial charge in [0, 0.05) is 34.4 Å². The number of hydrogen-bond acceptors (Lipinski definition) is 0. The van der Waals surface area contributed by atoms with Crippen LogP contribution >= 0.6 is 0 Å². The molecule has 61 heavy (non-hydrogen) atoms. The van der Waals surface area contributed by atoms with Crippen molar-refractivity contribution in [2.24, 2.45) is 37.8 Å². The first-order chi connectivity index (χ1) is 29.9. The summed E-state index contributed by atoms with van der Waals surface area (Å²) in [6.45, 7) is 4.37. The first-order valence-electron chi connectivity index (χ1n) is 24.2. The van der Waals surface area contributed by atoms with E-state index in [9.17, 15) is 0 Å². The highest BCUT2D eigenvalue weighted by atomic mass is 14.9. The molecular weight excluding hydrogens is 737 g/mol. The van der Waals surface area contributed by atoms with Crippen LogP contribution < -0.4 is 9.13 Å². The molecule has 4 aliphatic carbocycles. The fourth-order valence-corrected chi connectivity index (χ4v) is 12.3. The van der Waals surface area contributed by atoms with Crippen molar-refractivity contribution < 1.29 is 9.13 Å². The number of rotatable bonds is 8. The molecule has 4 saturated carbocycles. The van der Waals surface area contributed by atoms with E-state index in [0.29, 0.717) is 0 Å². The lowest BCUT2D eigenvalue weighted by atomic mass is 9.73. The molecule has 4 aromatic carbocycles. The van der Waals surface area contributed by atoms with Crippen LogP contribution in [0.3, 0.4) is 0 Å². The van der Waals surface area contributed by atoms with E-state index in [1.54, 1.807) is 11.1 Å². The smallest absolute Gasteiger partial charge is 0.200 e. The van der Waals surface area contributed by atoms with Gasteiger partial charge >= 0.3 is 0 Å². The number of hydrogen-bond donors (Lipinski definition) is 0. The monoisotopic (exact) mass is 807 g/mol. The Morgan fingerprint density at radius 2 is 0.738 bits per heavy atom. The minimum Gasteiger partial charge on any atom is -0.200 e. The summed E-state index contributed by atoms with van der Waals surface area (Å²) in [5.74, 6) is 5.64. The van der Waals surface area contributed by atoms with Crippen molar-refractivity contribution in [3.05, 3.63) is 156 Å². The van der Waals surface area contributed by atoms with Gasteiger partial charge in [-0.15, -0.1) is 0 Å². The molecule has 314 valence electrons. The van der Waals surface area contributed by atoms with Gasteiger partial charge in [0.2, 0.25) is 11.4 Å². The summed E-state index contributed by atoms with van der Waals surface area (Å²) >= 11 is 0. The molecule has 2 heterocycles. The third kappa shape index (κ3) is 9.50. The summed E-state index contributed by atoms with van der Waals surface area (Å²) in [5, 5.41) is 0. The Bertz CT molecular complexity index is 2370. The number of aryl methyl sites for hydroxylation is 4. The Morgan fingerprint density at radius 3 is 1.20 bits per heavy atom. The van der Waals surface area contributed by atoms with E-state index in [2.05, 4.69) is 171 Å². The fourth-order valence-electron chi connectivity index (χ4n) is 12.3. The van der Waals surface area contributed by atoms with Gasteiger partial charge in [0.05, 0.1) is 0 Å². The summed E-state index contributed by atoms with van der Waals surface area (Å²) in [6, 6.07) is 45.2. The first kappa shape index (κ1) is 41.5. The van der Waals surface area contributed by atoms with E-state index >= 15 is 0 Å². The van der Waals surface area contributed by atoms with Crippen LogP contribution in [0.2, 0.25) is 0 Å². The summed E-state index contributed by atoms with van der Waals surface area (Å²) < 4.78 is 4.52. The largest absolute Gasteiger partial charge is 0.212 e. The normalized spacial score (nSPS) is 22.0. The molecule has 2 nitrogen and oxygen atoms in total. The Morgan fingerprint density at radius 1 is 0.361 bits per heavy atom. The van der Waals surface area contributed by atoms with E-state index in [-0.39, 0.29) is 0 Å². The van der Waals surface area contributed by atoms with Crippen LogP contribution in [0.15, 0.2) is 134 Å². The lowest BCUT2D eigenvalue weighted by molar-refractivity contribution is -0.660. The molecule has 0 spiro atoms. The Balaban J connectivity index is 0.000000156. The molecule has 4 fully saturated rings. The number of pyridine rings is 2. The maximum absolute atomic E-state index is 2.40. The molecule has 4 aliphatic rings. The summed E-state index contributed by atoms with van der Waals surface area (Å²) in [4.78, 5) is 0. The van der Waals surface area contributed by atoms with Crippen LogP contribution in [0.1, 0.15) is 130 Å². The molecular formula is C59H70N2+2. The maximum Gasteiger partial charge on any atom is 0.212 e. The molecule has 0 N–H and O–H groups in total. The summed E-state index contributed by atoms with van der Waals surface area (Å²) in [7, 11) is 4.31. The van der Waals surface area contributed by atoms with E-state index in [1.165, 1.54) is 152 Å². The zero-order chi connectivity index (χ0) is 41.7. The minimum absolute atomic E-state index is 0.770.